The Hall–Kier alpha value is -2.68. The molecule has 2 aliphatic heterocycles. The molecular formula is C18H23N5O4. The van der Waals surface area contributed by atoms with Crippen LogP contribution in [-0.4, -0.2) is 65.0 Å². The minimum Gasteiger partial charge on any atom is -0.369 e. The summed E-state index contributed by atoms with van der Waals surface area (Å²) in [7, 11) is 0. The molecule has 1 aromatic rings. The van der Waals surface area contributed by atoms with Gasteiger partial charge in [-0.1, -0.05) is 18.9 Å². The lowest BCUT2D eigenvalue weighted by Gasteiger charge is -2.37. The van der Waals surface area contributed by atoms with Crippen LogP contribution in [0.4, 0.5) is 16.2 Å². The van der Waals surface area contributed by atoms with E-state index in [0.29, 0.717) is 32.8 Å². The van der Waals surface area contributed by atoms with Crippen LogP contribution in [0.25, 0.3) is 0 Å². The van der Waals surface area contributed by atoms with Gasteiger partial charge in [-0.3, -0.25) is 19.8 Å². The summed E-state index contributed by atoms with van der Waals surface area (Å²) < 4.78 is 0. The number of rotatable bonds is 4. The number of nitro benzene ring substituents is 1. The molecule has 0 aromatic heterocycles. The van der Waals surface area contributed by atoms with Gasteiger partial charge in [-0.15, -0.1) is 0 Å². The van der Waals surface area contributed by atoms with Crippen molar-refractivity contribution >= 4 is 23.3 Å². The number of imide groups is 1. The molecule has 0 atom stereocenters. The summed E-state index contributed by atoms with van der Waals surface area (Å²) >= 11 is 0. The van der Waals surface area contributed by atoms with Crippen LogP contribution in [0.5, 0.6) is 0 Å². The van der Waals surface area contributed by atoms with Crippen molar-refractivity contribution in [2.45, 2.75) is 31.2 Å². The van der Waals surface area contributed by atoms with Crippen molar-refractivity contribution < 1.29 is 14.5 Å². The highest BCUT2D eigenvalue weighted by Crippen LogP contribution is 2.35. The molecule has 9 nitrogen and oxygen atoms in total. The lowest BCUT2D eigenvalue weighted by atomic mass is 9.98. The number of hydrogen-bond acceptors (Lipinski definition) is 6. The van der Waals surface area contributed by atoms with Crippen LogP contribution in [0.15, 0.2) is 24.3 Å². The lowest BCUT2D eigenvalue weighted by Crippen LogP contribution is -2.52. The number of anilines is 1. The van der Waals surface area contributed by atoms with Crippen molar-refractivity contribution in [1.82, 2.24) is 15.1 Å². The second kappa shape index (κ2) is 6.80. The quantitative estimate of drug-likeness (QED) is 0.488. The van der Waals surface area contributed by atoms with Crippen LogP contribution in [0, 0.1) is 10.1 Å². The molecular weight excluding hydrogens is 350 g/mol. The molecule has 1 aliphatic carbocycles. The van der Waals surface area contributed by atoms with Gasteiger partial charge in [0.2, 0.25) is 0 Å². The predicted octanol–water partition coefficient (Wildman–Crippen LogP) is 1.54. The third kappa shape index (κ3) is 3.23. The van der Waals surface area contributed by atoms with Crippen LogP contribution in [0.1, 0.15) is 25.7 Å². The van der Waals surface area contributed by atoms with Crippen LogP contribution >= 0.6 is 0 Å². The molecule has 0 unspecified atom stereocenters. The van der Waals surface area contributed by atoms with E-state index in [1.807, 2.05) is 6.07 Å². The Labute approximate surface area is 157 Å². The molecule has 1 saturated carbocycles. The third-order valence-corrected chi connectivity index (χ3v) is 5.82. The molecule has 3 amide bonds. The summed E-state index contributed by atoms with van der Waals surface area (Å²) in [5, 5.41) is 13.9. The number of piperazine rings is 1. The maximum Gasteiger partial charge on any atom is 0.326 e. The first-order chi connectivity index (χ1) is 13.0. The normalized spacial score (nSPS) is 22.5. The average molecular weight is 373 g/mol. The van der Waals surface area contributed by atoms with Crippen molar-refractivity contribution in [1.29, 1.82) is 0 Å². The molecule has 2 saturated heterocycles. The van der Waals surface area contributed by atoms with Crippen LogP contribution in [-0.2, 0) is 4.79 Å². The van der Waals surface area contributed by atoms with Gasteiger partial charge in [-0.2, -0.15) is 0 Å². The first kappa shape index (κ1) is 17.7. The largest absolute Gasteiger partial charge is 0.369 e. The maximum atomic E-state index is 12.7. The molecule has 1 N–H and O–H groups in total. The maximum absolute atomic E-state index is 12.7. The summed E-state index contributed by atoms with van der Waals surface area (Å²) in [4.78, 5) is 41.1. The molecule has 4 rings (SSSR count). The predicted molar refractivity (Wildman–Crippen MR) is 98.3 cm³/mol. The van der Waals surface area contributed by atoms with Gasteiger partial charge in [0.05, 0.1) is 11.6 Å². The molecule has 3 fully saturated rings. The van der Waals surface area contributed by atoms with Gasteiger partial charge in [-0.25, -0.2) is 9.69 Å². The van der Waals surface area contributed by atoms with E-state index in [-0.39, 0.29) is 17.6 Å². The SMILES string of the molecule is O=C1NC2(CCCC2)C(=O)N1CN1CCN(c2cccc([N+](=O)[O-])c2)CC1. The third-order valence-electron chi connectivity index (χ3n) is 5.82. The number of hydrogen-bond donors (Lipinski definition) is 1. The molecule has 1 spiro atoms. The molecule has 0 radical (unpaired) electrons. The standard InChI is InChI=1S/C18H23N5O4/c24-16-18(6-1-2-7-18)19-17(25)22(16)13-20-8-10-21(11-9-20)14-4-3-5-15(12-14)23(26)27/h3-5,12H,1-2,6-11,13H2,(H,19,25). The summed E-state index contributed by atoms with van der Waals surface area (Å²) in [6.07, 6.45) is 3.41. The summed E-state index contributed by atoms with van der Waals surface area (Å²) in [6.45, 7) is 3.06. The van der Waals surface area contributed by atoms with Crippen molar-refractivity contribution in [3.05, 3.63) is 34.4 Å². The van der Waals surface area contributed by atoms with E-state index in [0.717, 1.165) is 31.4 Å². The Morgan fingerprint density at radius 3 is 2.48 bits per heavy atom. The van der Waals surface area contributed by atoms with Gasteiger partial charge >= 0.3 is 6.03 Å². The molecule has 144 valence electrons. The second-order valence-electron chi connectivity index (χ2n) is 7.48. The monoisotopic (exact) mass is 373 g/mol. The Balaban J connectivity index is 1.36. The number of nitrogens with one attached hydrogen (secondary N) is 1. The molecule has 1 aromatic carbocycles. The first-order valence-electron chi connectivity index (χ1n) is 9.34. The van der Waals surface area contributed by atoms with Gasteiger partial charge in [0.25, 0.3) is 11.6 Å². The van der Waals surface area contributed by atoms with Crippen molar-refractivity contribution in [2.75, 3.05) is 37.7 Å². The Bertz CT molecular complexity index is 769. The fraction of sp³-hybridized carbons (Fsp3) is 0.556. The summed E-state index contributed by atoms with van der Waals surface area (Å²) in [5.74, 6) is -0.0916. The van der Waals surface area contributed by atoms with E-state index in [9.17, 15) is 19.7 Å². The highest BCUT2D eigenvalue weighted by Gasteiger charge is 2.52. The van der Waals surface area contributed by atoms with E-state index in [1.54, 1.807) is 12.1 Å². The average Bonchev–Trinajstić information content (AvgIpc) is 3.23. The zero-order chi connectivity index (χ0) is 19.0. The van der Waals surface area contributed by atoms with Gasteiger partial charge in [0.15, 0.2) is 0 Å². The van der Waals surface area contributed by atoms with Crippen LogP contribution in [0.3, 0.4) is 0 Å². The summed E-state index contributed by atoms with van der Waals surface area (Å²) in [5.41, 5.74) is 0.238. The summed E-state index contributed by atoms with van der Waals surface area (Å²) in [6, 6.07) is 6.33. The van der Waals surface area contributed by atoms with E-state index in [4.69, 9.17) is 0 Å². The fourth-order valence-corrected chi connectivity index (χ4v) is 4.27. The Morgan fingerprint density at radius 2 is 1.81 bits per heavy atom. The van der Waals surface area contributed by atoms with Gasteiger partial charge in [-0.05, 0) is 18.9 Å². The van der Waals surface area contributed by atoms with E-state index in [2.05, 4.69) is 15.1 Å². The van der Waals surface area contributed by atoms with E-state index in [1.165, 1.54) is 11.0 Å². The number of nitrogens with zero attached hydrogens (tertiary/aromatic N) is 4. The van der Waals surface area contributed by atoms with E-state index >= 15 is 0 Å². The smallest absolute Gasteiger partial charge is 0.326 e. The molecule has 0 bridgehead atoms. The highest BCUT2D eigenvalue weighted by molar-refractivity contribution is 6.07. The van der Waals surface area contributed by atoms with Crippen molar-refractivity contribution in [2.24, 2.45) is 0 Å². The number of amides is 3. The fourth-order valence-electron chi connectivity index (χ4n) is 4.27. The highest BCUT2D eigenvalue weighted by atomic mass is 16.6. The van der Waals surface area contributed by atoms with Gasteiger partial charge < -0.3 is 10.2 Å². The van der Waals surface area contributed by atoms with Crippen LogP contribution in [0.2, 0.25) is 0 Å². The van der Waals surface area contributed by atoms with Crippen LogP contribution < -0.4 is 10.2 Å². The van der Waals surface area contributed by atoms with E-state index < -0.39 is 10.5 Å². The molecule has 2 heterocycles. The number of nitro groups is 1. The molecule has 27 heavy (non-hydrogen) atoms. The topological polar surface area (TPSA) is 99.0 Å². The number of carbonyl (C=O) groups excluding carboxylic acids is 2. The number of urea groups is 1. The number of benzene rings is 1. The van der Waals surface area contributed by atoms with Crippen molar-refractivity contribution in [3.63, 3.8) is 0 Å². The van der Waals surface area contributed by atoms with Gasteiger partial charge in [0.1, 0.15) is 5.54 Å². The molecule has 3 aliphatic rings. The lowest BCUT2D eigenvalue weighted by molar-refractivity contribution is -0.384. The van der Waals surface area contributed by atoms with Gasteiger partial charge in [0, 0.05) is 44.0 Å². The minimum absolute atomic E-state index is 0.0797. The van der Waals surface area contributed by atoms with Crippen molar-refractivity contribution in [3.8, 4) is 0 Å². The number of carbonyl (C=O) groups is 2. The second-order valence-corrected chi connectivity index (χ2v) is 7.48. The molecule has 9 heteroatoms. The Morgan fingerprint density at radius 1 is 1.11 bits per heavy atom. The minimum atomic E-state index is -0.665. The zero-order valence-corrected chi connectivity index (χ0v) is 15.1. The Kier molecular flexibility index (Phi) is 4.47. The number of non-ortho nitro benzene ring substituents is 1. The zero-order valence-electron chi connectivity index (χ0n) is 15.1. The first-order valence-corrected chi connectivity index (χ1v) is 9.34.